The molecule has 0 fully saturated rings. The monoisotopic (exact) mass is 222 g/mol. The van der Waals surface area contributed by atoms with Crippen LogP contribution >= 0.6 is 0 Å². The Morgan fingerprint density at radius 1 is 1.25 bits per heavy atom. The first kappa shape index (κ1) is 12.7. The third-order valence-corrected chi connectivity index (χ3v) is 2.49. The number of aryl methyl sites for hydroxylation is 3. The lowest BCUT2D eigenvalue weighted by Crippen LogP contribution is -1.97. The van der Waals surface area contributed by atoms with Crippen LogP contribution in [0.2, 0.25) is 0 Å². The van der Waals surface area contributed by atoms with Gasteiger partial charge in [0.25, 0.3) is 0 Å². The Balaban J connectivity index is 0.000000606. The number of hydrogen-bond acceptors (Lipinski definition) is 1. The van der Waals surface area contributed by atoms with E-state index < -0.39 is 0 Å². The van der Waals surface area contributed by atoms with E-state index in [9.17, 15) is 4.39 Å². The standard InChI is InChI=1S/C11H13FN2.C2H6/c1-4-14-8(3)11-9(12)5-7(2)6-10(11)13-14;1-2/h5-6H,4H2,1-3H3;1-2H3. The first-order chi connectivity index (χ1) is 7.63. The molecule has 0 N–H and O–H groups in total. The molecule has 2 nitrogen and oxygen atoms in total. The second-order valence-corrected chi connectivity index (χ2v) is 3.54. The molecule has 2 aromatic rings. The third-order valence-electron chi connectivity index (χ3n) is 2.49. The smallest absolute Gasteiger partial charge is 0.134 e. The van der Waals surface area contributed by atoms with Gasteiger partial charge in [0, 0.05) is 12.2 Å². The molecule has 0 unspecified atom stereocenters. The van der Waals surface area contributed by atoms with Gasteiger partial charge in [0.05, 0.1) is 10.9 Å². The lowest BCUT2D eigenvalue weighted by Gasteiger charge is -1.97. The SMILES string of the molecule is CC.CCn1nc2cc(C)cc(F)c2c1C. The molecule has 0 bridgehead atoms. The summed E-state index contributed by atoms with van der Waals surface area (Å²) in [6.07, 6.45) is 0. The highest BCUT2D eigenvalue weighted by Gasteiger charge is 2.10. The van der Waals surface area contributed by atoms with Crippen LogP contribution in [-0.4, -0.2) is 9.78 Å². The van der Waals surface area contributed by atoms with Crippen LogP contribution in [-0.2, 0) is 6.54 Å². The summed E-state index contributed by atoms with van der Waals surface area (Å²) in [6, 6.07) is 3.47. The van der Waals surface area contributed by atoms with Crippen molar-refractivity contribution in [2.24, 2.45) is 0 Å². The van der Waals surface area contributed by atoms with Gasteiger partial charge in [-0.1, -0.05) is 13.8 Å². The lowest BCUT2D eigenvalue weighted by molar-refractivity contribution is 0.631. The summed E-state index contributed by atoms with van der Waals surface area (Å²) in [4.78, 5) is 0. The summed E-state index contributed by atoms with van der Waals surface area (Å²) in [5.41, 5.74) is 2.57. The van der Waals surface area contributed by atoms with Crippen molar-refractivity contribution in [1.82, 2.24) is 9.78 Å². The zero-order valence-electron chi connectivity index (χ0n) is 10.6. The first-order valence-electron chi connectivity index (χ1n) is 5.76. The second kappa shape index (κ2) is 5.10. The van der Waals surface area contributed by atoms with Crippen LogP contribution in [0.5, 0.6) is 0 Å². The average Bonchev–Trinajstić information content (AvgIpc) is 2.58. The minimum Gasteiger partial charge on any atom is -0.269 e. The number of hydrogen-bond donors (Lipinski definition) is 0. The Hall–Kier alpha value is -1.38. The minimum absolute atomic E-state index is 0.169. The molecule has 0 spiro atoms. The van der Waals surface area contributed by atoms with E-state index in [0.717, 1.165) is 23.3 Å². The fraction of sp³-hybridized carbons (Fsp3) is 0.462. The van der Waals surface area contributed by atoms with E-state index >= 15 is 0 Å². The number of halogens is 1. The van der Waals surface area contributed by atoms with Gasteiger partial charge in [-0.25, -0.2) is 4.39 Å². The topological polar surface area (TPSA) is 17.8 Å². The average molecular weight is 222 g/mol. The fourth-order valence-electron chi connectivity index (χ4n) is 1.80. The molecule has 0 atom stereocenters. The molecule has 0 saturated carbocycles. The Morgan fingerprint density at radius 2 is 1.88 bits per heavy atom. The minimum atomic E-state index is -0.169. The highest BCUT2D eigenvalue weighted by atomic mass is 19.1. The summed E-state index contributed by atoms with van der Waals surface area (Å²) in [5.74, 6) is -0.169. The summed E-state index contributed by atoms with van der Waals surface area (Å²) >= 11 is 0. The molecule has 0 saturated heterocycles. The van der Waals surface area contributed by atoms with Crippen molar-refractivity contribution in [3.63, 3.8) is 0 Å². The molecule has 88 valence electrons. The van der Waals surface area contributed by atoms with Crippen molar-refractivity contribution in [3.8, 4) is 0 Å². The fourth-order valence-corrected chi connectivity index (χ4v) is 1.80. The predicted molar refractivity (Wildman–Crippen MR) is 66.2 cm³/mol. The Morgan fingerprint density at radius 3 is 2.44 bits per heavy atom. The van der Waals surface area contributed by atoms with Crippen LogP contribution in [0.15, 0.2) is 12.1 Å². The Labute approximate surface area is 96.1 Å². The van der Waals surface area contributed by atoms with E-state index in [-0.39, 0.29) is 5.82 Å². The van der Waals surface area contributed by atoms with Crippen LogP contribution in [0.3, 0.4) is 0 Å². The second-order valence-electron chi connectivity index (χ2n) is 3.54. The number of benzene rings is 1. The number of rotatable bonds is 1. The van der Waals surface area contributed by atoms with Gasteiger partial charge in [0.2, 0.25) is 0 Å². The molecule has 1 aromatic carbocycles. The maximum atomic E-state index is 13.6. The largest absolute Gasteiger partial charge is 0.269 e. The molecule has 0 radical (unpaired) electrons. The van der Waals surface area contributed by atoms with Crippen molar-refractivity contribution in [1.29, 1.82) is 0 Å². The molecule has 0 aliphatic rings. The van der Waals surface area contributed by atoms with Crippen LogP contribution in [0, 0.1) is 19.7 Å². The van der Waals surface area contributed by atoms with E-state index in [1.54, 1.807) is 6.07 Å². The van der Waals surface area contributed by atoms with Gasteiger partial charge in [-0.3, -0.25) is 4.68 Å². The third kappa shape index (κ3) is 2.08. The molecular weight excluding hydrogens is 203 g/mol. The highest BCUT2D eigenvalue weighted by Crippen LogP contribution is 2.22. The van der Waals surface area contributed by atoms with E-state index in [0.29, 0.717) is 5.39 Å². The van der Waals surface area contributed by atoms with Gasteiger partial charge in [0.1, 0.15) is 5.82 Å². The lowest BCUT2D eigenvalue weighted by atomic mass is 10.1. The highest BCUT2D eigenvalue weighted by molar-refractivity contribution is 5.82. The van der Waals surface area contributed by atoms with Crippen molar-refractivity contribution in [2.75, 3.05) is 0 Å². The molecule has 16 heavy (non-hydrogen) atoms. The van der Waals surface area contributed by atoms with Crippen LogP contribution < -0.4 is 0 Å². The van der Waals surface area contributed by atoms with Crippen LogP contribution in [0.1, 0.15) is 32.0 Å². The van der Waals surface area contributed by atoms with Gasteiger partial charge >= 0.3 is 0 Å². The summed E-state index contributed by atoms with van der Waals surface area (Å²) in [5, 5.41) is 4.98. The molecular formula is C13H19FN2. The normalized spacial score (nSPS) is 10.1. The van der Waals surface area contributed by atoms with E-state index in [1.807, 2.05) is 45.4 Å². The first-order valence-corrected chi connectivity index (χ1v) is 5.76. The molecule has 2 rings (SSSR count). The number of nitrogens with zero attached hydrogens (tertiary/aromatic N) is 2. The maximum Gasteiger partial charge on any atom is 0.134 e. The summed E-state index contributed by atoms with van der Waals surface area (Å²) < 4.78 is 15.4. The molecule has 3 heteroatoms. The molecule has 0 aliphatic heterocycles. The maximum absolute atomic E-state index is 13.6. The molecule has 0 aliphatic carbocycles. The molecule has 1 heterocycles. The summed E-state index contributed by atoms with van der Waals surface area (Å²) in [6.45, 7) is 10.6. The van der Waals surface area contributed by atoms with Crippen molar-refractivity contribution >= 4 is 10.9 Å². The van der Waals surface area contributed by atoms with E-state index in [1.165, 1.54) is 0 Å². The van der Waals surface area contributed by atoms with E-state index in [4.69, 9.17) is 0 Å². The van der Waals surface area contributed by atoms with Crippen molar-refractivity contribution in [2.45, 2.75) is 41.2 Å². The van der Waals surface area contributed by atoms with Gasteiger partial charge in [-0.15, -0.1) is 0 Å². The zero-order valence-corrected chi connectivity index (χ0v) is 10.6. The number of fused-ring (bicyclic) bond motifs is 1. The number of aromatic nitrogens is 2. The Kier molecular flexibility index (Phi) is 4.05. The quantitative estimate of drug-likeness (QED) is 0.716. The summed E-state index contributed by atoms with van der Waals surface area (Å²) in [7, 11) is 0. The van der Waals surface area contributed by atoms with Crippen molar-refractivity contribution < 1.29 is 4.39 Å². The van der Waals surface area contributed by atoms with Gasteiger partial charge < -0.3 is 0 Å². The van der Waals surface area contributed by atoms with Crippen LogP contribution in [0.4, 0.5) is 4.39 Å². The zero-order chi connectivity index (χ0) is 12.3. The van der Waals surface area contributed by atoms with Gasteiger partial charge in [0.15, 0.2) is 0 Å². The van der Waals surface area contributed by atoms with E-state index in [2.05, 4.69) is 5.10 Å². The van der Waals surface area contributed by atoms with Gasteiger partial charge in [-0.05, 0) is 38.5 Å². The Bertz CT molecular complexity index is 486. The molecule has 1 aromatic heterocycles. The van der Waals surface area contributed by atoms with Gasteiger partial charge in [-0.2, -0.15) is 5.10 Å². The van der Waals surface area contributed by atoms with Crippen molar-refractivity contribution in [3.05, 3.63) is 29.2 Å². The molecule has 0 amide bonds. The van der Waals surface area contributed by atoms with Crippen LogP contribution in [0.25, 0.3) is 10.9 Å². The predicted octanol–water partition coefficient (Wildman–Crippen LogP) is 3.84.